The molecule has 11 rings (SSSR count). The summed E-state index contributed by atoms with van der Waals surface area (Å²) in [6, 6.07) is 56.0. The third-order valence-electron chi connectivity index (χ3n) is 14.6. The van der Waals surface area contributed by atoms with Crippen molar-refractivity contribution < 1.29 is 0 Å². The summed E-state index contributed by atoms with van der Waals surface area (Å²) in [7, 11) is 0. The molecular formula is C54H45N5. The Hall–Kier alpha value is -6.77. The number of rotatable bonds is 5. The summed E-state index contributed by atoms with van der Waals surface area (Å²) in [5.41, 5.74) is 15.1. The van der Waals surface area contributed by atoms with E-state index in [4.69, 9.17) is 15.0 Å². The van der Waals surface area contributed by atoms with Crippen LogP contribution in [0.5, 0.6) is 0 Å². The zero-order chi connectivity index (χ0) is 40.3. The van der Waals surface area contributed by atoms with Crippen molar-refractivity contribution in [1.82, 2.24) is 19.5 Å². The highest BCUT2D eigenvalue weighted by atomic mass is 15.2. The minimum absolute atomic E-state index is 0.0166. The van der Waals surface area contributed by atoms with Crippen molar-refractivity contribution in [2.45, 2.75) is 64.8 Å². The van der Waals surface area contributed by atoms with Gasteiger partial charge >= 0.3 is 0 Å². The number of hydrogen-bond acceptors (Lipinski definition) is 4. The molecule has 59 heavy (non-hydrogen) atoms. The maximum atomic E-state index is 5.55. The first-order valence-electron chi connectivity index (χ1n) is 20.7. The summed E-state index contributed by atoms with van der Waals surface area (Å²) in [5, 5.41) is 1.19. The van der Waals surface area contributed by atoms with E-state index in [2.05, 4.69) is 191 Å². The van der Waals surface area contributed by atoms with E-state index < -0.39 is 0 Å². The standard InChI is InChI=1S/C54H45N5/c1-52(2)43-31-39(34-20-10-7-11-21-34)42(32-44(43)53(3,4)54(52,5)6)50-55-49(35-22-12-8-13-23-35)56-51(57-50)59-46-29-19-17-27-38(46)41-30-40-37-26-16-18-28-45(37)58(47(40)33-48(41)59)36-24-14-9-15-25-36/h8-10,12-32,47H,33H2,1-6H3. The highest BCUT2D eigenvalue weighted by Crippen LogP contribution is 2.62. The van der Waals surface area contributed by atoms with Gasteiger partial charge in [0.15, 0.2) is 11.6 Å². The van der Waals surface area contributed by atoms with Crippen molar-refractivity contribution in [1.29, 1.82) is 0 Å². The molecule has 6 aromatic carbocycles. The molecule has 2 aromatic heterocycles. The van der Waals surface area contributed by atoms with E-state index in [1.165, 1.54) is 50.3 Å². The van der Waals surface area contributed by atoms with Crippen LogP contribution in [-0.2, 0) is 17.3 Å². The minimum Gasteiger partial charge on any atom is -0.333 e. The van der Waals surface area contributed by atoms with Crippen molar-refractivity contribution in [2.75, 3.05) is 4.90 Å². The van der Waals surface area contributed by atoms with Gasteiger partial charge in [0.2, 0.25) is 5.95 Å². The monoisotopic (exact) mass is 763 g/mol. The molecule has 1 aliphatic heterocycles. The predicted octanol–water partition coefficient (Wildman–Crippen LogP) is 12.6. The average Bonchev–Trinajstić information content (AvgIpc) is 3.80. The summed E-state index contributed by atoms with van der Waals surface area (Å²) in [6.07, 6.45) is 3.21. The van der Waals surface area contributed by atoms with Crippen molar-refractivity contribution >= 4 is 33.9 Å². The molecule has 0 radical (unpaired) electrons. The van der Waals surface area contributed by atoms with Gasteiger partial charge in [-0.25, -0.2) is 4.98 Å². The molecule has 3 aliphatic rings. The van der Waals surface area contributed by atoms with Gasteiger partial charge in [0, 0.05) is 51.1 Å². The van der Waals surface area contributed by atoms with Crippen LogP contribution in [0.15, 0.2) is 140 Å². The van der Waals surface area contributed by atoms with Crippen molar-refractivity contribution in [3.05, 3.63) is 180 Å². The lowest BCUT2D eigenvalue weighted by Crippen LogP contribution is -2.42. The van der Waals surface area contributed by atoms with Crippen LogP contribution in [0.4, 0.5) is 11.4 Å². The van der Waals surface area contributed by atoms with Crippen molar-refractivity contribution in [3.63, 3.8) is 0 Å². The Labute approximate surface area is 346 Å². The van der Waals surface area contributed by atoms with Crippen LogP contribution in [0.3, 0.4) is 0 Å². The van der Waals surface area contributed by atoms with Crippen LogP contribution in [0.2, 0.25) is 0 Å². The first-order chi connectivity index (χ1) is 28.5. The molecule has 5 heteroatoms. The van der Waals surface area contributed by atoms with Gasteiger partial charge in [0.1, 0.15) is 0 Å². The molecule has 3 heterocycles. The largest absolute Gasteiger partial charge is 0.333 e. The first-order valence-corrected chi connectivity index (χ1v) is 20.7. The van der Waals surface area contributed by atoms with Crippen molar-refractivity contribution in [2.24, 2.45) is 5.41 Å². The molecule has 0 saturated carbocycles. The number of hydrogen-bond donors (Lipinski definition) is 0. The van der Waals surface area contributed by atoms with Gasteiger partial charge in [0.25, 0.3) is 0 Å². The van der Waals surface area contributed by atoms with Crippen LogP contribution >= 0.6 is 0 Å². The molecule has 0 bridgehead atoms. The van der Waals surface area contributed by atoms with Gasteiger partial charge in [-0.3, -0.25) is 4.57 Å². The Morgan fingerprint density at radius 1 is 0.610 bits per heavy atom. The fraction of sp³-hybridized carbons (Fsp3) is 0.204. The number of benzene rings is 5. The molecule has 0 N–H and O–H groups in total. The van der Waals surface area contributed by atoms with E-state index in [-0.39, 0.29) is 22.3 Å². The Bertz CT molecular complexity index is 2990. The lowest BCUT2D eigenvalue weighted by Gasteiger charge is -2.44. The second-order valence-corrected chi connectivity index (χ2v) is 17.9. The zero-order valence-corrected chi connectivity index (χ0v) is 34.4. The smallest absolute Gasteiger partial charge is 0.238 e. The molecular weight excluding hydrogens is 719 g/mol. The second kappa shape index (κ2) is 12.6. The summed E-state index contributed by atoms with van der Waals surface area (Å²) >= 11 is 0. The number of aromatic nitrogens is 4. The topological polar surface area (TPSA) is 46.8 Å². The quantitative estimate of drug-likeness (QED) is 0.175. The Kier molecular flexibility index (Phi) is 7.57. The van der Waals surface area contributed by atoms with Crippen LogP contribution in [-0.4, -0.2) is 25.6 Å². The molecule has 5 nitrogen and oxygen atoms in total. The van der Waals surface area contributed by atoms with Crippen LogP contribution in [0.1, 0.15) is 69.5 Å². The minimum atomic E-state index is -0.114. The predicted molar refractivity (Wildman–Crippen MR) is 241 cm³/mol. The molecule has 0 amide bonds. The fourth-order valence-electron chi connectivity index (χ4n) is 10.3. The molecule has 0 spiro atoms. The van der Waals surface area contributed by atoms with Gasteiger partial charge in [-0.2, -0.15) is 9.97 Å². The molecule has 8 aromatic rings. The number of nitrogens with zero attached hydrogens (tertiary/aromatic N) is 5. The number of anilines is 2. The highest BCUT2D eigenvalue weighted by molar-refractivity contribution is 6.05. The maximum Gasteiger partial charge on any atom is 0.238 e. The van der Waals surface area contributed by atoms with Gasteiger partial charge in [-0.15, -0.1) is 0 Å². The van der Waals surface area contributed by atoms with E-state index in [0.29, 0.717) is 17.6 Å². The number of fused-ring (bicyclic) bond motifs is 7. The maximum absolute atomic E-state index is 5.55. The van der Waals surface area contributed by atoms with Crippen LogP contribution in [0.25, 0.3) is 62.4 Å². The average molecular weight is 764 g/mol. The van der Waals surface area contributed by atoms with Crippen LogP contribution in [0, 0.1) is 17.5 Å². The third-order valence-corrected chi connectivity index (χ3v) is 14.6. The SMILES string of the molecule is CC1(C)c2cc(-c3cc#ccc3)c(-c3nc(-c4ccccc4)nc(-n4c5c(c6ccccc64)C=C4c6ccccc6N(c6ccccc6)C4C5)n3)cc2C(C)(C)C1(C)C. The van der Waals surface area contributed by atoms with Gasteiger partial charge < -0.3 is 4.90 Å². The Morgan fingerprint density at radius 2 is 1.27 bits per heavy atom. The fourth-order valence-corrected chi connectivity index (χ4v) is 10.3. The lowest BCUT2D eigenvalue weighted by atomic mass is 9.59. The molecule has 0 saturated heterocycles. The Balaban J connectivity index is 1.18. The Morgan fingerprint density at radius 3 is 2.02 bits per heavy atom. The summed E-state index contributed by atoms with van der Waals surface area (Å²) in [4.78, 5) is 18.8. The number of para-hydroxylation sites is 3. The third kappa shape index (κ3) is 5.02. The van der Waals surface area contributed by atoms with E-state index in [9.17, 15) is 0 Å². The van der Waals surface area contributed by atoms with Crippen molar-refractivity contribution in [3.8, 4) is 39.9 Å². The van der Waals surface area contributed by atoms with E-state index in [1.54, 1.807) is 0 Å². The van der Waals surface area contributed by atoms with Gasteiger partial charge in [-0.05, 0) is 105 Å². The van der Waals surface area contributed by atoms with E-state index in [1.807, 2.05) is 18.2 Å². The molecule has 1 unspecified atom stereocenters. The summed E-state index contributed by atoms with van der Waals surface area (Å²) in [5.74, 6) is 1.91. The highest BCUT2D eigenvalue weighted by Gasteiger charge is 2.57. The van der Waals surface area contributed by atoms with E-state index >= 15 is 0 Å². The van der Waals surface area contributed by atoms with E-state index in [0.717, 1.165) is 34.2 Å². The molecule has 1 atom stereocenters. The van der Waals surface area contributed by atoms with Gasteiger partial charge in [0.05, 0.1) is 11.6 Å². The summed E-state index contributed by atoms with van der Waals surface area (Å²) < 4.78 is 2.32. The zero-order valence-electron chi connectivity index (χ0n) is 34.4. The van der Waals surface area contributed by atoms with Gasteiger partial charge in [-0.1, -0.05) is 139 Å². The normalized spacial score (nSPS) is 17.8. The first kappa shape index (κ1) is 35.4. The molecule has 0 fully saturated rings. The summed E-state index contributed by atoms with van der Waals surface area (Å²) in [6.45, 7) is 14.4. The lowest BCUT2D eigenvalue weighted by molar-refractivity contribution is 0.125. The molecule has 2 aliphatic carbocycles. The molecule has 286 valence electrons. The second-order valence-electron chi connectivity index (χ2n) is 17.9. The van der Waals surface area contributed by atoms with Crippen LogP contribution < -0.4 is 4.90 Å².